The first-order valence-corrected chi connectivity index (χ1v) is 3.07. The molecule has 0 fully saturated rings. The van der Waals surface area contributed by atoms with Crippen LogP contribution >= 0.6 is 11.6 Å². The topological polar surface area (TPSA) is 12.4 Å². The van der Waals surface area contributed by atoms with Crippen molar-refractivity contribution >= 4 is 16.8 Å². The Hall–Kier alpha value is -0.560. The predicted molar refractivity (Wildman–Crippen MR) is 42.9 cm³/mol. The van der Waals surface area contributed by atoms with Crippen LogP contribution in [0.15, 0.2) is 29.4 Å². The summed E-state index contributed by atoms with van der Waals surface area (Å²) in [7, 11) is 0. The Morgan fingerprint density at radius 2 is 2.22 bits per heavy atom. The van der Waals surface area contributed by atoms with Crippen LogP contribution in [0.3, 0.4) is 0 Å². The molecule has 0 saturated carbocycles. The fourth-order valence-electron chi connectivity index (χ4n) is 0.357. The predicted octanol–water partition coefficient (Wildman–Crippen LogP) is 2.73. The van der Waals surface area contributed by atoms with E-state index < -0.39 is 0 Å². The van der Waals surface area contributed by atoms with E-state index in [2.05, 4.69) is 11.6 Å². The summed E-state index contributed by atoms with van der Waals surface area (Å²) in [6, 6.07) is 0. The van der Waals surface area contributed by atoms with Gasteiger partial charge in [-0.1, -0.05) is 24.3 Å². The summed E-state index contributed by atoms with van der Waals surface area (Å²) in [6.07, 6.45) is 3.55. The van der Waals surface area contributed by atoms with E-state index in [0.29, 0.717) is 5.17 Å². The van der Waals surface area contributed by atoms with E-state index in [9.17, 15) is 0 Å². The van der Waals surface area contributed by atoms with Crippen LogP contribution in [0.4, 0.5) is 0 Å². The van der Waals surface area contributed by atoms with Gasteiger partial charge in [-0.2, -0.15) is 0 Å². The van der Waals surface area contributed by atoms with Crippen LogP contribution in [0.5, 0.6) is 0 Å². The van der Waals surface area contributed by atoms with Crippen LogP contribution < -0.4 is 0 Å². The molecule has 9 heavy (non-hydrogen) atoms. The first kappa shape index (κ1) is 8.44. The van der Waals surface area contributed by atoms with Gasteiger partial charge in [0, 0.05) is 5.70 Å². The fraction of sp³-hybridized carbons (Fsp3) is 0.286. The van der Waals surface area contributed by atoms with Crippen LogP contribution in [0.25, 0.3) is 0 Å². The zero-order valence-electron chi connectivity index (χ0n) is 5.69. The Kier molecular flexibility index (Phi) is 4.06. The lowest BCUT2D eigenvalue weighted by molar-refractivity contribution is 1.34. The average Bonchev–Trinajstić information content (AvgIpc) is 1.63. The van der Waals surface area contributed by atoms with Gasteiger partial charge < -0.3 is 0 Å². The van der Waals surface area contributed by atoms with Crippen molar-refractivity contribution in [2.45, 2.75) is 13.8 Å². The van der Waals surface area contributed by atoms with Gasteiger partial charge in [0.15, 0.2) is 0 Å². The average molecular weight is 144 g/mol. The third-order valence-corrected chi connectivity index (χ3v) is 0.812. The molecule has 0 heterocycles. The summed E-state index contributed by atoms with van der Waals surface area (Å²) in [5.74, 6) is 0. The molecule has 0 aromatic carbocycles. The third-order valence-electron chi connectivity index (χ3n) is 0.602. The van der Waals surface area contributed by atoms with Gasteiger partial charge in [-0.3, -0.25) is 0 Å². The van der Waals surface area contributed by atoms with Crippen LogP contribution in [0, 0.1) is 0 Å². The largest absolute Gasteiger partial charge is 0.242 e. The summed E-state index contributed by atoms with van der Waals surface area (Å²) in [6.45, 7) is 7.25. The van der Waals surface area contributed by atoms with Crippen LogP contribution in [0.1, 0.15) is 13.8 Å². The maximum atomic E-state index is 5.58. The van der Waals surface area contributed by atoms with E-state index in [1.807, 2.05) is 13.0 Å². The standard InChI is InChI=1S/C7H10ClN/c1-4-5-7(8)9-6(2)3/h4-5H,2H2,1,3H3/b5-4-,9-7?. The van der Waals surface area contributed by atoms with Crippen LogP contribution in [-0.4, -0.2) is 5.17 Å². The van der Waals surface area contributed by atoms with Crippen molar-refractivity contribution in [3.8, 4) is 0 Å². The molecule has 0 rings (SSSR count). The SMILES string of the molecule is C=C(C)N=C(Cl)/C=C\C. The summed E-state index contributed by atoms with van der Waals surface area (Å²) in [5.41, 5.74) is 0.720. The number of hydrogen-bond acceptors (Lipinski definition) is 1. The summed E-state index contributed by atoms with van der Waals surface area (Å²) in [5, 5.41) is 0.477. The van der Waals surface area contributed by atoms with E-state index in [1.54, 1.807) is 13.0 Å². The Morgan fingerprint density at radius 1 is 1.67 bits per heavy atom. The van der Waals surface area contributed by atoms with Gasteiger partial charge in [0.05, 0.1) is 0 Å². The second kappa shape index (κ2) is 4.33. The number of nitrogens with zero attached hydrogens (tertiary/aromatic N) is 1. The molecule has 2 heteroatoms. The maximum absolute atomic E-state index is 5.58. The zero-order chi connectivity index (χ0) is 7.28. The highest BCUT2D eigenvalue weighted by Crippen LogP contribution is 1.95. The Balaban J connectivity index is 4.00. The van der Waals surface area contributed by atoms with Gasteiger partial charge in [-0.25, -0.2) is 4.99 Å². The summed E-state index contributed by atoms with van der Waals surface area (Å²) < 4.78 is 0. The molecule has 0 aromatic heterocycles. The molecule has 0 aliphatic heterocycles. The fourth-order valence-corrected chi connectivity index (χ4v) is 0.627. The minimum Gasteiger partial charge on any atom is -0.242 e. The normalized spacial score (nSPS) is 12.6. The quantitative estimate of drug-likeness (QED) is 0.527. The number of hydrogen-bond donors (Lipinski definition) is 0. The molecule has 0 bridgehead atoms. The molecule has 0 aromatic rings. The van der Waals surface area contributed by atoms with Crippen molar-refractivity contribution in [1.29, 1.82) is 0 Å². The molecule has 0 aliphatic carbocycles. The first-order chi connectivity index (χ1) is 4.16. The number of rotatable bonds is 2. The second-order valence-corrected chi connectivity index (χ2v) is 2.06. The minimum atomic E-state index is 0.477. The lowest BCUT2D eigenvalue weighted by atomic mass is 10.5. The maximum Gasteiger partial charge on any atom is 0.128 e. The molecule has 0 saturated heterocycles. The van der Waals surface area contributed by atoms with E-state index in [4.69, 9.17) is 11.6 Å². The van der Waals surface area contributed by atoms with E-state index in [1.165, 1.54) is 0 Å². The first-order valence-electron chi connectivity index (χ1n) is 2.69. The molecule has 0 atom stereocenters. The minimum absolute atomic E-state index is 0.477. The van der Waals surface area contributed by atoms with Crippen molar-refractivity contribution in [2.24, 2.45) is 4.99 Å². The van der Waals surface area contributed by atoms with Crippen molar-refractivity contribution in [3.63, 3.8) is 0 Å². The van der Waals surface area contributed by atoms with Gasteiger partial charge in [0.25, 0.3) is 0 Å². The van der Waals surface area contributed by atoms with E-state index >= 15 is 0 Å². The van der Waals surface area contributed by atoms with Crippen molar-refractivity contribution in [3.05, 3.63) is 24.4 Å². The van der Waals surface area contributed by atoms with Gasteiger partial charge in [-0.05, 0) is 19.9 Å². The third kappa shape index (κ3) is 5.31. The Bertz CT molecular complexity index is 156. The van der Waals surface area contributed by atoms with Crippen molar-refractivity contribution < 1.29 is 0 Å². The van der Waals surface area contributed by atoms with Crippen molar-refractivity contribution in [2.75, 3.05) is 0 Å². The lowest BCUT2D eigenvalue weighted by Gasteiger charge is -1.86. The molecular formula is C7H10ClN. The number of allylic oxidation sites excluding steroid dienone is 3. The summed E-state index contributed by atoms with van der Waals surface area (Å²) in [4.78, 5) is 3.87. The van der Waals surface area contributed by atoms with Gasteiger partial charge in [-0.15, -0.1) is 0 Å². The second-order valence-electron chi connectivity index (χ2n) is 1.67. The van der Waals surface area contributed by atoms with Gasteiger partial charge >= 0.3 is 0 Å². The van der Waals surface area contributed by atoms with Crippen LogP contribution in [-0.2, 0) is 0 Å². The van der Waals surface area contributed by atoms with E-state index in [0.717, 1.165) is 5.70 Å². The molecule has 0 amide bonds. The van der Waals surface area contributed by atoms with Crippen molar-refractivity contribution in [1.82, 2.24) is 0 Å². The zero-order valence-corrected chi connectivity index (χ0v) is 6.44. The highest BCUT2D eigenvalue weighted by molar-refractivity contribution is 6.68. The smallest absolute Gasteiger partial charge is 0.128 e. The number of aliphatic imine (C=N–C) groups is 1. The van der Waals surface area contributed by atoms with E-state index in [-0.39, 0.29) is 0 Å². The molecule has 1 nitrogen and oxygen atoms in total. The molecule has 0 radical (unpaired) electrons. The molecule has 0 unspecified atom stereocenters. The van der Waals surface area contributed by atoms with Gasteiger partial charge in [0.2, 0.25) is 0 Å². The Morgan fingerprint density at radius 3 is 2.56 bits per heavy atom. The molecular weight excluding hydrogens is 134 g/mol. The lowest BCUT2D eigenvalue weighted by Crippen LogP contribution is -1.78. The highest BCUT2D eigenvalue weighted by Gasteiger charge is 1.82. The summed E-state index contributed by atoms with van der Waals surface area (Å²) >= 11 is 5.58. The van der Waals surface area contributed by atoms with Crippen LogP contribution in [0.2, 0.25) is 0 Å². The van der Waals surface area contributed by atoms with Gasteiger partial charge in [0.1, 0.15) is 5.17 Å². The monoisotopic (exact) mass is 143 g/mol. The molecule has 0 aliphatic rings. The molecule has 0 N–H and O–H groups in total. The molecule has 0 spiro atoms. The Labute approximate surface area is 60.7 Å². The number of halogens is 1. The highest BCUT2D eigenvalue weighted by atomic mass is 35.5. The molecule has 50 valence electrons.